The zero-order valence-electron chi connectivity index (χ0n) is 8.87. The van der Waals surface area contributed by atoms with Crippen LogP contribution in [-0.2, 0) is 4.79 Å². The lowest BCUT2D eigenvalue weighted by Crippen LogP contribution is -2.29. The minimum atomic E-state index is -1.09. The second kappa shape index (κ2) is 5.11. The molecule has 7 heteroatoms. The first kappa shape index (κ1) is 12.7. The van der Waals surface area contributed by atoms with Gasteiger partial charge in [0, 0.05) is 0 Å². The number of halogens is 1. The molecule has 0 aromatic carbocycles. The Morgan fingerprint density at radius 2 is 2.19 bits per heavy atom. The molecule has 0 aliphatic rings. The number of amides is 1. The van der Waals surface area contributed by atoms with Gasteiger partial charge in [-0.05, 0) is 21.8 Å². The van der Waals surface area contributed by atoms with Gasteiger partial charge in [0.15, 0.2) is 5.69 Å². The highest BCUT2D eigenvalue weighted by Crippen LogP contribution is 2.25. The number of rotatable bonds is 4. The first-order valence-electron chi connectivity index (χ1n) is 4.67. The molecule has 0 aliphatic carbocycles. The molecule has 0 saturated heterocycles. The van der Waals surface area contributed by atoms with Crippen LogP contribution < -0.4 is 5.32 Å². The van der Waals surface area contributed by atoms with Crippen molar-refractivity contribution in [2.24, 2.45) is 0 Å². The molecule has 1 rings (SSSR count). The van der Waals surface area contributed by atoms with Gasteiger partial charge in [-0.3, -0.25) is 14.7 Å². The summed E-state index contributed by atoms with van der Waals surface area (Å²) < 4.78 is 0.574. The molecule has 6 nitrogen and oxygen atoms in total. The number of carboxylic acid groups (broad SMARTS) is 1. The molecule has 0 spiro atoms. The average molecular weight is 290 g/mol. The lowest BCUT2D eigenvalue weighted by atomic mass is 10.1. The lowest BCUT2D eigenvalue weighted by Gasteiger charge is -2.02. The van der Waals surface area contributed by atoms with Gasteiger partial charge < -0.3 is 10.4 Å². The van der Waals surface area contributed by atoms with Crippen LogP contribution in [0, 0.1) is 0 Å². The quantitative estimate of drug-likeness (QED) is 0.774. The van der Waals surface area contributed by atoms with Crippen LogP contribution in [0.15, 0.2) is 4.47 Å². The third kappa shape index (κ3) is 2.82. The zero-order chi connectivity index (χ0) is 12.3. The smallest absolute Gasteiger partial charge is 0.322 e. The van der Waals surface area contributed by atoms with Gasteiger partial charge in [0.05, 0.1) is 10.2 Å². The Hall–Kier alpha value is -1.37. The van der Waals surface area contributed by atoms with E-state index >= 15 is 0 Å². The number of carbonyl (C=O) groups is 2. The maximum Gasteiger partial charge on any atom is 0.322 e. The van der Waals surface area contributed by atoms with Gasteiger partial charge >= 0.3 is 5.97 Å². The molecule has 1 heterocycles. The Labute approximate surface area is 101 Å². The molecule has 1 aromatic rings. The van der Waals surface area contributed by atoms with Crippen LogP contribution in [0.1, 0.15) is 35.9 Å². The molecular weight excluding hydrogens is 278 g/mol. The van der Waals surface area contributed by atoms with E-state index in [1.165, 1.54) is 0 Å². The van der Waals surface area contributed by atoms with Gasteiger partial charge in [-0.1, -0.05) is 13.8 Å². The molecule has 88 valence electrons. The minimum Gasteiger partial charge on any atom is -0.480 e. The largest absolute Gasteiger partial charge is 0.480 e. The Balaban J connectivity index is 2.80. The summed E-state index contributed by atoms with van der Waals surface area (Å²) in [5.74, 6) is -1.41. The van der Waals surface area contributed by atoms with Crippen molar-refractivity contribution in [1.29, 1.82) is 0 Å². The molecule has 0 saturated carbocycles. The first-order valence-corrected chi connectivity index (χ1v) is 5.46. The second-order valence-electron chi connectivity index (χ2n) is 3.53. The summed E-state index contributed by atoms with van der Waals surface area (Å²) in [6.07, 6.45) is 0. The normalized spacial score (nSPS) is 10.5. The van der Waals surface area contributed by atoms with Crippen LogP contribution in [0.3, 0.4) is 0 Å². The lowest BCUT2D eigenvalue weighted by molar-refractivity contribution is -0.135. The number of aromatic amines is 1. The van der Waals surface area contributed by atoms with Crippen molar-refractivity contribution in [3.8, 4) is 0 Å². The predicted octanol–water partition coefficient (Wildman–Crippen LogP) is 1.11. The summed E-state index contributed by atoms with van der Waals surface area (Å²) in [7, 11) is 0. The third-order valence-electron chi connectivity index (χ3n) is 1.93. The summed E-state index contributed by atoms with van der Waals surface area (Å²) in [4.78, 5) is 21.8. The van der Waals surface area contributed by atoms with E-state index in [9.17, 15) is 9.59 Å². The number of aromatic nitrogens is 2. The summed E-state index contributed by atoms with van der Waals surface area (Å²) >= 11 is 3.26. The second-order valence-corrected chi connectivity index (χ2v) is 4.32. The highest BCUT2D eigenvalue weighted by molar-refractivity contribution is 9.10. The molecule has 1 amide bonds. The van der Waals surface area contributed by atoms with Crippen LogP contribution in [-0.4, -0.2) is 33.7 Å². The topological polar surface area (TPSA) is 95.1 Å². The van der Waals surface area contributed by atoms with Gasteiger partial charge in [-0.15, -0.1) is 0 Å². The van der Waals surface area contributed by atoms with Crippen LogP contribution in [0.2, 0.25) is 0 Å². The van der Waals surface area contributed by atoms with E-state index in [0.717, 1.165) is 5.69 Å². The summed E-state index contributed by atoms with van der Waals surface area (Å²) in [5, 5.41) is 17.2. The third-order valence-corrected chi connectivity index (χ3v) is 2.73. The molecule has 0 atom stereocenters. The molecule has 1 aromatic heterocycles. The van der Waals surface area contributed by atoms with Gasteiger partial charge in [0.2, 0.25) is 0 Å². The number of H-pyrrole nitrogens is 1. The van der Waals surface area contributed by atoms with Crippen molar-refractivity contribution in [3.63, 3.8) is 0 Å². The number of aliphatic carboxylic acids is 1. The van der Waals surface area contributed by atoms with Gasteiger partial charge in [-0.2, -0.15) is 5.10 Å². The van der Waals surface area contributed by atoms with E-state index in [1.807, 2.05) is 13.8 Å². The van der Waals surface area contributed by atoms with Crippen LogP contribution in [0.4, 0.5) is 0 Å². The molecular formula is C9H12BrN3O3. The number of hydrogen-bond donors (Lipinski definition) is 3. The summed E-state index contributed by atoms with van der Waals surface area (Å²) in [5.41, 5.74) is 0.977. The van der Waals surface area contributed by atoms with Crippen LogP contribution in [0.5, 0.6) is 0 Å². The number of nitrogens with zero attached hydrogens (tertiary/aromatic N) is 1. The van der Waals surface area contributed by atoms with E-state index in [0.29, 0.717) is 4.47 Å². The molecule has 0 unspecified atom stereocenters. The van der Waals surface area contributed by atoms with E-state index < -0.39 is 18.4 Å². The monoisotopic (exact) mass is 289 g/mol. The van der Waals surface area contributed by atoms with Crippen molar-refractivity contribution in [1.82, 2.24) is 15.5 Å². The number of carbonyl (C=O) groups excluding carboxylic acids is 1. The minimum absolute atomic E-state index is 0.171. The highest BCUT2D eigenvalue weighted by atomic mass is 79.9. The fourth-order valence-corrected chi connectivity index (χ4v) is 1.93. The highest BCUT2D eigenvalue weighted by Gasteiger charge is 2.19. The first-order chi connectivity index (χ1) is 7.43. The van der Waals surface area contributed by atoms with Crippen molar-refractivity contribution < 1.29 is 14.7 Å². The molecule has 0 aliphatic heterocycles. The number of nitrogens with one attached hydrogen (secondary N) is 2. The zero-order valence-corrected chi connectivity index (χ0v) is 10.5. The number of hydrogen-bond acceptors (Lipinski definition) is 3. The van der Waals surface area contributed by atoms with Crippen molar-refractivity contribution in [2.75, 3.05) is 6.54 Å². The van der Waals surface area contributed by atoms with E-state index in [1.54, 1.807) is 0 Å². The van der Waals surface area contributed by atoms with Crippen LogP contribution in [0.25, 0.3) is 0 Å². The molecule has 16 heavy (non-hydrogen) atoms. The van der Waals surface area contributed by atoms with E-state index in [-0.39, 0.29) is 11.6 Å². The van der Waals surface area contributed by atoms with Crippen molar-refractivity contribution in [2.45, 2.75) is 19.8 Å². The fourth-order valence-electron chi connectivity index (χ4n) is 1.11. The standard InChI is InChI=1S/C9H12BrN3O3/c1-4(2)7-6(10)8(13-12-7)9(16)11-3-5(14)15/h4H,3H2,1-2H3,(H,11,16)(H,12,13)(H,14,15). The summed E-state index contributed by atoms with van der Waals surface area (Å²) in [6, 6.07) is 0. The Morgan fingerprint density at radius 3 is 2.62 bits per heavy atom. The molecule has 3 N–H and O–H groups in total. The van der Waals surface area contributed by atoms with Crippen LogP contribution >= 0.6 is 15.9 Å². The predicted molar refractivity (Wildman–Crippen MR) is 60.3 cm³/mol. The molecule has 0 radical (unpaired) electrons. The maximum absolute atomic E-state index is 11.5. The number of carboxylic acids is 1. The maximum atomic E-state index is 11.5. The van der Waals surface area contributed by atoms with E-state index in [2.05, 4.69) is 31.4 Å². The summed E-state index contributed by atoms with van der Waals surface area (Å²) in [6.45, 7) is 3.49. The fraction of sp³-hybridized carbons (Fsp3) is 0.444. The average Bonchev–Trinajstić information content (AvgIpc) is 2.56. The Kier molecular flexibility index (Phi) is 4.05. The Morgan fingerprint density at radius 1 is 1.56 bits per heavy atom. The van der Waals surface area contributed by atoms with Gasteiger partial charge in [-0.25, -0.2) is 0 Å². The van der Waals surface area contributed by atoms with Crippen molar-refractivity contribution in [3.05, 3.63) is 15.9 Å². The van der Waals surface area contributed by atoms with Gasteiger partial charge in [0.1, 0.15) is 6.54 Å². The molecule has 0 fully saturated rings. The van der Waals surface area contributed by atoms with Gasteiger partial charge in [0.25, 0.3) is 5.91 Å². The van der Waals surface area contributed by atoms with Crippen molar-refractivity contribution >= 4 is 27.8 Å². The Bertz CT molecular complexity index is 414. The SMILES string of the molecule is CC(C)c1[nH]nc(C(=O)NCC(=O)O)c1Br. The van der Waals surface area contributed by atoms with E-state index in [4.69, 9.17) is 5.11 Å². The molecule has 0 bridgehead atoms.